The third-order valence-corrected chi connectivity index (χ3v) is 3.69. The molecule has 2 heterocycles. The Morgan fingerprint density at radius 3 is 2.52 bits per heavy atom. The van der Waals surface area contributed by atoms with Crippen molar-refractivity contribution in [1.82, 2.24) is 15.3 Å². The van der Waals surface area contributed by atoms with Crippen LogP contribution in [0, 0.1) is 6.92 Å². The lowest BCUT2D eigenvalue weighted by Crippen LogP contribution is -2.46. The average Bonchev–Trinajstić information content (AvgIpc) is 2.56. The summed E-state index contributed by atoms with van der Waals surface area (Å²) in [6, 6.07) is 1.64. The highest BCUT2D eigenvalue weighted by Gasteiger charge is 2.46. The summed E-state index contributed by atoms with van der Waals surface area (Å²) >= 11 is 0. The fraction of sp³-hybridized carbons (Fsp3) is 0.667. The van der Waals surface area contributed by atoms with Gasteiger partial charge < -0.3 is 15.4 Å². The molecular weight excluding hydrogens is 268 g/mol. The second kappa shape index (κ2) is 5.26. The van der Waals surface area contributed by atoms with Crippen molar-refractivity contribution < 1.29 is 9.53 Å². The number of carbonyl (C=O) groups excluding carboxylic acids is 1. The van der Waals surface area contributed by atoms with Crippen molar-refractivity contribution in [2.45, 2.75) is 58.3 Å². The molecule has 1 unspecified atom stereocenters. The predicted molar refractivity (Wildman–Crippen MR) is 81.4 cm³/mol. The molecule has 0 saturated carbocycles. The van der Waals surface area contributed by atoms with Gasteiger partial charge in [-0.25, -0.2) is 9.97 Å². The summed E-state index contributed by atoms with van der Waals surface area (Å²) in [4.78, 5) is 20.8. The molecule has 1 aliphatic rings. The molecule has 1 atom stereocenters. The van der Waals surface area contributed by atoms with E-state index < -0.39 is 5.60 Å². The van der Waals surface area contributed by atoms with Gasteiger partial charge in [0.15, 0.2) is 0 Å². The highest BCUT2D eigenvalue weighted by Crippen LogP contribution is 2.37. The van der Waals surface area contributed by atoms with Gasteiger partial charge in [0.2, 0.25) is 5.95 Å². The highest BCUT2D eigenvalue weighted by atomic mass is 16.5. The number of rotatable bonds is 3. The first-order valence-electron chi connectivity index (χ1n) is 7.17. The normalized spacial score (nSPS) is 22.9. The van der Waals surface area contributed by atoms with Crippen LogP contribution in [0.5, 0.6) is 0 Å². The Morgan fingerprint density at radius 2 is 2.00 bits per heavy atom. The van der Waals surface area contributed by atoms with Crippen LogP contribution in [0.25, 0.3) is 0 Å². The first-order valence-corrected chi connectivity index (χ1v) is 7.17. The van der Waals surface area contributed by atoms with Crippen LogP contribution < -0.4 is 10.6 Å². The van der Waals surface area contributed by atoms with Crippen molar-refractivity contribution in [3.05, 3.63) is 17.5 Å². The maximum absolute atomic E-state index is 12.4. The van der Waals surface area contributed by atoms with Gasteiger partial charge >= 0.3 is 0 Å². The lowest BCUT2D eigenvalue weighted by molar-refractivity contribution is -0.0693. The number of carbonyl (C=O) groups is 1. The number of anilines is 1. The van der Waals surface area contributed by atoms with Gasteiger partial charge in [-0.05, 0) is 47.1 Å². The van der Waals surface area contributed by atoms with E-state index in [1.54, 1.807) is 13.1 Å². The van der Waals surface area contributed by atoms with Crippen LogP contribution in [-0.4, -0.2) is 40.2 Å². The average molecular weight is 292 g/mol. The molecule has 1 amide bonds. The minimum absolute atomic E-state index is 0.0479. The quantitative estimate of drug-likeness (QED) is 0.890. The van der Waals surface area contributed by atoms with Gasteiger partial charge in [-0.1, -0.05) is 0 Å². The zero-order valence-electron chi connectivity index (χ0n) is 13.6. The number of nitrogens with one attached hydrogen (secondary N) is 2. The highest BCUT2D eigenvalue weighted by molar-refractivity contribution is 5.93. The van der Waals surface area contributed by atoms with Crippen molar-refractivity contribution in [2.75, 3.05) is 12.4 Å². The van der Waals surface area contributed by atoms with E-state index in [2.05, 4.69) is 20.6 Å². The van der Waals surface area contributed by atoms with Gasteiger partial charge in [0, 0.05) is 12.7 Å². The number of hydrogen-bond donors (Lipinski definition) is 2. The first-order chi connectivity index (χ1) is 9.63. The zero-order chi connectivity index (χ0) is 15.8. The molecule has 0 aliphatic carbocycles. The molecule has 1 aliphatic heterocycles. The van der Waals surface area contributed by atoms with E-state index in [1.807, 2.05) is 34.6 Å². The van der Waals surface area contributed by atoms with Gasteiger partial charge in [0.05, 0.1) is 17.2 Å². The van der Waals surface area contributed by atoms with Crippen LogP contribution in [0.2, 0.25) is 0 Å². The molecule has 0 spiro atoms. The van der Waals surface area contributed by atoms with E-state index in [9.17, 15) is 4.79 Å². The Bertz CT molecular complexity index is 555. The maximum atomic E-state index is 12.4. The largest absolute Gasteiger partial charge is 0.367 e. The van der Waals surface area contributed by atoms with E-state index >= 15 is 0 Å². The lowest BCUT2D eigenvalue weighted by Gasteiger charge is -2.27. The summed E-state index contributed by atoms with van der Waals surface area (Å²) in [5.74, 6) is 0.249. The van der Waals surface area contributed by atoms with Crippen LogP contribution in [0.3, 0.4) is 0 Å². The van der Waals surface area contributed by atoms with Gasteiger partial charge in [-0.15, -0.1) is 0 Å². The molecule has 0 bridgehead atoms. The Kier molecular flexibility index (Phi) is 3.93. The van der Waals surface area contributed by atoms with Crippen molar-refractivity contribution in [1.29, 1.82) is 0 Å². The summed E-state index contributed by atoms with van der Waals surface area (Å²) < 4.78 is 5.99. The monoisotopic (exact) mass is 292 g/mol. The third-order valence-electron chi connectivity index (χ3n) is 3.69. The molecular formula is C15H24N4O2. The number of ether oxygens (including phenoxy) is 1. The first kappa shape index (κ1) is 15.7. The topological polar surface area (TPSA) is 76.1 Å². The molecule has 1 aromatic heterocycles. The predicted octanol–water partition coefficient (Wildman–Crippen LogP) is 1.90. The molecule has 116 valence electrons. The SMILES string of the molecule is CNc1nc(C)cc(C(=O)NC2CC(C)(C)OC2(C)C)n1. The summed E-state index contributed by atoms with van der Waals surface area (Å²) in [5, 5.41) is 5.90. The molecule has 1 saturated heterocycles. The second-order valence-electron chi connectivity index (χ2n) is 6.66. The van der Waals surface area contributed by atoms with E-state index in [1.165, 1.54) is 0 Å². The molecule has 2 N–H and O–H groups in total. The van der Waals surface area contributed by atoms with E-state index in [-0.39, 0.29) is 17.6 Å². The Labute approximate surface area is 125 Å². The Morgan fingerprint density at radius 1 is 1.33 bits per heavy atom. The van der Waals surface area contributed by atoms with Gasteiger partial charge in [0.1, 0.15) is 5.69 Å². The summed E-state index contributed by atoms with van der Waals surface area (Å²) in [7, 11) is 1.73. The number of amides is 1. The van der Waals surface area contributed by atoms with E-state index in [4.69, 9.17) is 4.74 Å². The number of aromatic nitrogens is 2. The molecule has 0 radical (unpaired) electrons. The molecule has 1 fully saturated rings. The number of hydrogen-bond acceptors (Lipinski definition) is 5. The smallest absolute Gasteiger partial charge is 0.270 e. The van der Waals surface area contributed by atoms with Gasteiger partial charge in [0.25, 0.3) is 5.91 Å². The minimum Gasteiger partial charge on any atom is -0.367 e. The standard InChI is InChI=1S/C15H24N4O2/c1-9-7-10(18-13(16-6)17-9)12(20)19-11-8-14(2,3)21-15(11,4)5/h7,11H,8H2,1-6H3,(H,19,20)(H,16,17,18). The molecule has 2 rings (SSSR count). The van der Waals surface area contributed by atoms with Crippen LogP contribution in [0.15, 0.2) is 6.07 Å². The molecule has 0 aromatic carbocycles. The van der Waals surface area contributed by atoms with E-state index in [0.717, 1.165) is 12.1 Å². The Hall–Kier alpha value is -1.69. The lowest BCUT2D eigenvalue weighted by atomic mass is 9.94. The summed E-state index contributed by atoms with van der Waals surface area (Å²) in [5.41, 5.74) is 0.487. The van der Waals surface area contributed by atoms with Crippen LogP contribution in [-0.2, 0) is 4.74 Å². The van der Waals surface area contributed by atoms with Crippen LogP contribution in [0.1, 0.15) is 50.3 Å². The maximum Gasteiger partial charge on any atom is 0.270 e. The summed E-state index contributed by atoms with van der Waals surface area (Å²) in [6.45, 7) is 9.91. The van der Waals surface area contributed by atoms with Gasteiger partial charge in [-0.2, -0.15) is 0 Å². The van der Waals surface area contributed by atoms with Crippen molar-refractivity contribution in [3.63, 3.8) is 0 Å². The Balaban J connectivity index is 2.17. The third kappa shape index (κ3) is 3.50. The van der Waals surface area contributed by atoms with Crippen LogP contribution in [0.4, 0.5) is 5.95 Å². The van der Waals surface area contributed by atoms with E-state index in [0.29, 0.717) is 11.6 Å². The summed E-state index contributed by atoms with van der Waals surface area (Å²) in [6.07, 6.45) is 0.773. The molecule has 6 heteroatoms. The minimum atomic E-state index is -0.396. The fourth-order valence-electron chi connectivity index (χ4n) is 2.82. The molecule has 21 heavy (non-hydrogen) atoms. The van der Waals surface area contributed by atoms with Crippen molar-refractivity contribution in [3.8, 4) is 0 Å². The van der Waals surface area contributed by atoms with Crippen LogP contribution >= 0.6 is 0 Å². The zero-order valence-corrected chi connectivity index (χ0v) is 13.6. The molecule has 6 nitrogen and oxygen atoms in total. The second-order valence-corrected chi connectivity index (χ2v) is 6.66. The van der Waals surface area contributed by atoms with Crippen molar-refractivity contribution in [2.24, 2.45) is 0 Å². The fourth-order valence-corrected chi connectivity index (χ4v) is 2.82. The molecule has 1 aromatic rings. The van der Waals surface area contributed by atoms with Gasteiger partial charge in [-0.3, -0.25) is 4.79 Å². The number of nitrogens with zero attached hydrogens (tertiary/aromatic N) is 2. The van der Waals surface area contributed by atoms with Crippen molar-refractivity contribution >= 4 is 11.9 Å². The number of aryl methyl sites for hydroxylation is 1.